The summed E-state index contributed by atoms with van der Waals surface area (Å²) in [7, 11) is 5.20. The molecule has 1 atom stereocenters. The van der Waals surface area contributed by atoms with Crippen molar-refractivity contribution in [3.8, 4) is 0 Å². The van der Waals surface area contributed by atoms with E-state index in [1.54, 1.807) is 37.6 Å². The average Bonchev–Trinajstić information content (AvgIpc) is 2.78. The predicted octanol–water partition coefficient (Wildman–Crippen LogP) is 3.86. The number of alkyl halides is 3. The van der Waals surface area contributed by atoms with Crippen LogP contribution in [0.15, 0.2) is 18.2 Å². The molecule has 2 rings (SSSR count). The molecule has 0 saturated heterocycles. The van der Waals surface area contributed by atoms with E-state index in [0.717, 1.165) is 29.1 Å². The van der Waals surface area contributed by atoms with Gasteiger partial charge in [-0.25, -0.2) is 0 Å². The lowest BCUT2D eigenvalue weighted by molar-refractivity contribution is -0.137. The zero-order valence-corrected chi connectivity index (χ0v) is 15.7. The molecule has 0 spiro atoms. The van der Waals surface area contributed by atoms with E-state index in [-0.39, 0.29) is 11.6 Å². The van der Waals surface area contributed by atoms with Gasteiger partial charge >= 0.3 is 6.18 Å². The van der Waals surface area contributed by atoms with Crippen LogP contribution in [0.3, 0.4) is 0 Å². The third-order valence-corrected chi connectivity index (χ3v) is 4.45. The Labute approximate surface area is 150 Å². The lowest BCUT2D eigenvalue weighted by Crippen LogP contribution is -2.22. The Morgan fingerprint density at radius 3 is 2.35 bits per heavy atom. The van der Waals surface area contributed by atoms with Crippen molar-refractivity contribution in [1.82, 2.24) is 9.78 Å². The van der Waals surface area contributed by atoms with Gasteiger partial charge in [0.1, 0.15) is 0 Å². The number of hydrogen-bond acceptors (Lipinski definition) is 3. The first-order valence-corrected chi connectivity index (χ1v) is 8.13. The number of hydrogen-bond donors (Lipinski definition) is 1. The number of nitrogens with zero attached hydrogens (tertiary/aromatic N) is 3. The highest BCUT2D eigenvalue weighted by atomic mass is 19.4. The molecule has 1 unspecified atom stereocenters. The molecule has 0 aliphatic heterocycles. The Hall–Kier alpha value is -2.51. The van der Waals surface area contributed by atoms with Crippen molar-refractivity contribution in [3.05, 3.63) is 40.7 Å². The van der Waals surface area contributed by atoms with E-state index in [1.165, 1.54) is 6.07 Å². The second-order valence-electron chi connectivity index (χ2n) is 6.54. The van der Waals surface area contributed by atoms with Gasteiger partial charge in [0.15, 0.2) is 0 Å². The number of aromatic nitrogens is 2. The van der Waals surface area contributed by atoms with Gasteiger partial charge in [-0.1, -0.05) is 0 Å². The third-order valence-electron chi connectivity index (χ3n) is 4.45. The van der Waals surface area contributed by atoms with Crippen LogP contribution in [0.2, 0.25) is 0 Å². The molecule has 142 valence electrons. The Bertz CT molecular complexity index is 825. The Balaban J connectivity index is 2.38. The van der Waals surface area contributed by atoms with Crippen LogP contribution in [0.1, 0.15) is 35.4 Å². The maximum absolute atomic E-state index is 13.0. The molecule has 1 aromatic heterocycles. The quantitative estimate of drug-likeness (QED) is 0.891. The standard InChI is InChI=1S/C18H23F3N4O/c1-10(16-11(2)23-25(6)12(16)3)17(26)22-14-9-13(18(19,20)21)7-8-15(14)24(4)5/h7-10H,1-6H3,(H,22,26). The zero-order chi connectivity index (χ0) is 19.8. The van der Waals surface area contributed by atoms with Crippen LogP contribution in [-0.2, 0) is 18.0 Å². The van der Waals surface area contributed by atoms with Crippen LogP contribution in [0.5, 0.6) is 0 Å². The largest absolute Gasteiger partial charge is 0.416 e. The lowest BCUT2D eigenvalue weighted by Gasteiger charge is -2.21. The summed E-state index contributed by atoms with van der Waals surface area (Å²) >= 11 is 0. The average molecular weight is 368 g/mol. The SMILES string of the molecule is Cc1nn(C)c(C)c1C(C)C(=O)Nc1cc(C(F)(F)F)ccc1N(C)C. The van der Waals surface area contributed by atoms with Gasteiger partial charge in [0.2, 0.25) is 5.91 Å². The highest BCUT2D eigenvalue weighted by molar-refractivity contribution is 5.98. The van der Waals surface area contributed by atoms with Crippen molar-refractivity contribution in [2.75, 3.05) is 24.3 Å². The number of halogens is 3. The smallest absolute Gasteiger partial charge is 0.376 e. The van der Waals surface area contributed by atoms with Gasteiger partial charge in [-0.05, 0) is 39.0 Å². The maximum atomic E-state index is 13.0. The van der Waals surface area contributed by atoms with Gasteiger partial charge in [0.05, 0.1) is 28.6 Å². The molecule has 2 aromatic rings. The fourth-order valence-corrected chi connectivity index (χ4v) is 2.99. The maximum Gasteiger partial charge on any atom is 0.416 e. The van der Waals surface area contributed by atoms with Gasteiger partial charge in [0.25, 0.3) is 0 Å². The van der Waals surface area contributed by atoms with Gasteiger partial charge < -0.3 is 10.2 Å². The second-order valence-corrected chi connectivity index (χ2v) is 6.54. The summed E-state index contributed by atoms with van der Waals surface area (Å²) in [5, 5.41) is 6.94. The van der Waals surface area contributed by atoms with E-state index in [0.29, 0.717) is 5.69 Å². The predicted molar refractivity (Wildman–Crippen MR) is 95.5 cm³/mol. The van der Waals surface area contributed by atoms with E-state index in [2.05, 4.69) is 10.4 Å². The van der Waals surface area contributed by atoms with Crippen molar-refractivity contribution in [3.63, 3.8) is 0 Å². The molecule has 0 saturated carbocycles. The molecule has 1 aromatic carbocycles. The lowest BCUT2D eigenvalue weighted by atomic mass is 9.98. The van der Waals surface area contributed by atoms with Gasteiger partial charge in [0, 0.05) is 32.4 Å². The minimum atomic E-state index is -4.48. The van der Waals surface area contributed by atoms with Crippen molar-refractivity contribution in [1.29, 1.82) is 0 Å². The fourth-order valence-electron chi connectivity index (χ4n) is 2.99. The zero-order valence-electron chi connectivity index (χ0n) is 15.7. The summed E-state index contributed by atoms with van der Waals surface area (Å²) in [6, 6.07) is 3.32. The summed E-state index contributed by atoms with van der Waals surface area (Å²) in [5.41, 5.74) is 2.17. The molecule has 0 fully saturated rings. The first kappa shape index (κ1) is 19.8. The number of benzene rings is 1. The van der Waals surface area contributed by atoms with Crippen molar-refractivity contribution in [2.45, 2.75) is 32.9 Å². The molecule has 1 heterocycles. The molecule has 0 aliphatic carbocycles. The molecular weight excluding hydrogens is 345 g/mol. The topological polar surface area (TPSA) is 50.2 Å². The van der Waals surface area contributed by atoms with Crippen LogP contribution >= 0.6 is 0 Å². The van der Waals surface area contributed by atoms with Gasteiger partial charge in [-0.2, -0.15) is 18.3 Å². The number of carbonyl (C=O) groups excluding carboxylic acids is 1. The van der Waals surface area contributed by atoms with E-state index >= 15 is 0 Å². The number of carbonyl (C=O) groups is 1. The van der Waals surface area contributed by atoms with E-state index in [1.807, 2.05) is 13.8 Å². The summed E-state index contributed by atoms with van der Waals surface area (Å²) in [6.07, 6.45) is -4.48. The second kappa shape index (κ2) is 7.01. The van der Waals surface area contributed by atoms with E-state index in [9.17, 15) is 18.0 Å². The molecule has 5 nitrogen and oxygen atoms in total. The molecular formula is C18H23F3N4O. The van der Waals surface area contributed by atoms with E-state index in [4.69, 9.17) is 0 Å². The fraction of sp³-hybridized carbons (Fsp3) is 0.444. The Morgan fingerprint density at radius 2 is 1.88 bits per heavy atom. The summed E-state index contributed by atoms with van der Waals surface area (Å²) in [6.45, 7) is 5.38. The number of aryl methyl sites for hydroxylation is 2. The monoisotopic (exact) mass is 368 g/mol. The molecule has 0 bridgehead atoms. The van der Waals surface area contributed by atoms with Crippen molar-refractivity contribution >= 4 is 17.3 Å². The normalized spacial score (nSPS) is 12.8. The Morgan fingerprint density at radius 1 is 1.27 bits per heavy atom. The van der Waals surface area contributed by atoms with Crippen LogP contribution in [-0.4, -0.2) is 29.8 Å². The molecule has 1 N–H and O–H groups in total. The summed E-state index contributed by atoms with van der Waals surface area (Å²) in [5.74, 6) is -0.931. The summed E-state index contributed by atoms with van der Waals surface area (Å²) in [4.78, 5) is 14.4. The van der Waals surface area contributed by atoms with Crippen LogP contribution in [0.25, 0.3) is 0 Å². The van der Waals surface area contributed by atoms with Gasteiger partial charge in [-0.15, -0.1) is 0 Å². The minimum Gasteiger partial charge on any atom is -0.376 e. The number of nitrogens with one attached hydrogen (secondary N) is 1. The van der Waals surface area contributed by atoms with Crippen molar-refractivity contribution in [2.24, 2.45) is 7.05 Å². The summed E-state index contributed by atoms with van der Waals surface area (Å²) < 4.78 is 40.8. The van der Waals surface area contributed by atoms with E-state index < -0.39 is 17.7 Å². The number of anilines is 2. The molecule has 8 heteroatoms. The number of amides is 1. The molecule has 1 amide bonds. The third kappa shape index (κ3) is 3.84. The highest BCUT2D eigenvalue weighted by Crippen LogP contribution is 2.35. The Kier molecular flexibility index (Phi) is 5.34. The minimum absolute atomic E-state index is 0.126. The molecule has 0 radical (unpaired) electrons. The van der Waals surface area contributed by atoms with Gasteiger partial charge in [-0.3, -0.25) is 9.48 Å². The first-order chi connectivity index (χ1) is 11.9. The number of rotatable bonds is 4. The first-order valence-electron chi connectivity index (χ1n) is 8.13. The van der Waals surface area contributed by atoms with Crippen LogP contribution in [0, 0.1) is 13.8 Å². The van der Waals surface area contributed by atoms with Crippen LogP contribution in [0.4, 0.5) is 24.5 Å². The highest BCUT2D eigenvalue weighted by Gasteiger charge is 2.32. The van der Waals surface area contributed by atoms with Crippen LogP contribution < -0.4 is 10.2 Å². The molecule has 26 heavy (non-hydrogen) atoms. The van der Waals surface area contributed by atoms with Crippen molar-refractivity contribution < 1.29 is 18.0 Å². The molecule has 0 aliphatic rings.